The van der Waals surface area contributed by atoms with Crippen LogP contribution in [0.25, 0.3) is 15.9 Å². The number of aromatic nitrogens is 2. The largest absolute Gasteiger partial charge is 0.326 e. The highest BCUT2D eigenvalue weighted by Crippen LogP contribution is 2.26. The van der Waals surface area contributed by atoms with Gasteiger partial charge in [0.25, 0.3) is 5.56 Å². The van der Waals surface area contributed by atoms with E-state index in [1.54, 1.807) is 42.6 Å². The van der Waals surface area contributed by atoms with E-state index >= 15 is 0 Å². The molecule has 4 aromatic rings. The molecule has 2 heterocycles. The fourth-order valence-corrected chi connectivity index (χ4v) is 4.84. The van der Waals surface area contributed by atoms with Crippen molar-refractivity contribution in [3.05, 3.63) is 75.6 Å². The minimum absolute atomic E-state index is 0.00725. The average Bonchev–Trinajstić information content (AvgIpc) is 3.22. The topological polar surface area (TPSA) is 93.1 Å². The molecular formula is C23H19FN4O3S2. The molecule has 4 rings (SSSR count). The lowest BCUT2D eigenvalue weighted by Crippen LogP contribution is -2.23. The van der Waals surface area contributed by atoms with Crippen molar-refractivity contribution < 1.29 is 14.0 Å². The average molecular weight is 483 g/mol. The van der Waals surface area contributed by atoms with Gasteiger partial charge < -0.3 is 10.6 Å². The summed E-state index contributed by atoms with van der Waals surface area (Å²) in [6.45, 7) is 3.12. The Morgan fingerprint density at radius 3 is 2.61 bits per heavy atom. The summed E-state index contributed by atoms with van der Waals surface area (Å²) in [6.07, 6.45) is 0. The first-order valence-electron chi connectivity index (χ1n) is 9.89. The van der Waals surface area contributed by atoms with Crippen molar-refractivity contribution >= 4 is 56.5 Å². The van der Waals surface area contributed by atoms with Crippen LogP contribution in [-0.2, 0) is 9.59 Å². The lowest BCUT2D eigenvalue weighted by Gasteiger charge is -2.14. The third-order valence-corrected chi connectivity index (χ3v) is 6.48. The van der Waals surface area contributed by atoms with E-state index in [1.807, 2.05) is 0 Å². The summed E-state index contributed by atoms with van der Waals surface area (Å²) >= 11 is 2.39. The Hall–Kier alpha value is -3.50. The van der Waals surface area contributed by atoms with Crippen LogP contribution in [0.4, 0.5) is 15.8 Å². The van der Waals surface area contributed by atoms with E-state index in [2.05, 4.69) is 15.6 Å². The molecular weight excluding hydrogens is 463 g/mol. The van der Waals surface area contributed by atoms with Gasteiger partial charge in [0.2, 0.25) is 11.8 Å². The molecule has 0 unspecified atom stereocenters. The number of fused-ring (bicyclic) bond motifs is 1. The number of benzene rings is 2. The molecule has 0 saturated heterocycles. The molecule has 2 aromatic carbocycles. The number of carbonyl (C=O) groups is 2. The number of nitrogens with zero attached hydrogens (tertiary/aromatic N) is 2. The molecule has 0 atom stereocenters. The van der Waals surface area contributed by atoms with Crippen LogP contribution in [0.1, 0.15) is 12.5 Å². The standard InChI is InChI=1S/C23H19FN4O3S2/c1-13-10-15(24)6-7-19(13)28-22(31)21-18(8-9-32-21)27-23(28)33-12-20(30)26-17-5-3-4-16(11-17)25-14(2)29/h3-11H,12H2,1-2H3,(H,25,29)(H,26,30). The number of hydrogen-bond donors (Lipinski definition) is 2. The van der Waals surface area contributed by atoms with Gasteiger partial charge in [0, 0.05) is 18.3 Å². The number of rotatable bonds is 6. The van der Waals surface area contributed by atoms with Gasteiger partial charge in [-0.3, -0.25) is 19.0 Å². The SMILES string of the molecule is CC(=O)Nc1cccc(NC(=O)CSc2nc3ccsc3c(=O)n2-c2ccc(F)cc2C)c1. The smallest absolute Gasteiger partial charge is 0.276 e. The number of thioether (sulfide) groups is 1. The second kappa shape index (κ2) is 9.55. The van der Waals surface area contributed by atoms with Crippen molar-refractivity contribution in [2.24, 2.45) is 0 Å². The van der Waals surface area contributed by atoms with Crippen molar-refractivity contribution in [3.8, 4) is 5.69 Å². The maximum absolute atomic E-state index is 13.6. The Balaban J connectivity index is 1.60. The third kappa shape index (κ3) is 5.12. The Kier molecular flexibility index (Phi) is 6.57. The second-order valence-corrected chi connectivity index (χ2v) is 9.06. The van der Waals surface area contributed by atoms with Gasteiger partial charge in [-0.15, -0.1) is 11.3 Å². The lowest BCUT2D eigenvalue weighted by atomic mass is 10.2. The molecule has 0 saturated carbocycles. The van der Waals surface area contributed by atoms with Gasteiger partial charge in [-0.1, -0.05) is 17.8 Å². The fraction of sp³-hybridized carbons (Fsp3) is 0.130. The van der Waals surface area contributed by atoms with Crippen LogP contribution in [0, 0.1) is 12.7 Å². The fourth-order valence-electron chi connectivity index (χ4n) is 3.28. The predicted octanol–water partition coefficient (Wildman–Crippen LogP) is 4.58. The predicted molar refractivity (Wildman–Crippen MR) is 130 cm³/mol. The van der Waals surface area contributed by atoms with E-state index in [0.717, 1.165) is 11.8 Å². The molecule has 33 heavy (non-hydrogen) atoms. The number of thiophene rings is 1. The number of halogens is 1. The number of aryl methyl sites for hydroxylation is 1. The van der Waals surface area contributed by atoms with E-state index in [9.17, 15) is 18.8 Å². The van der Waals surface area contributed by atoms with Crippen molar-refractivity contribution in [2.45, 2.75) is 19.0 Å². The molecule has 0 aliphatic heterocycles. The van der Waals surface area contributed by atoms with Gasteiger partial charge in [0.1, 0.15) is 10.5 Å². The van der Waals surface area contributed by atoms with E-state index in [-0.39, 0.29) is 23.1 Å². The Bertz CT molecular complexity index is 1430. The summed E-state index contributed by atoms with van der Waals surface area (Å²) < 4.78 is 15.6. The zero-order chi connectivity index (χ0) is 23.5. The highest BCUT2D eigenvalue weighted by atomic mass is 32.2. The number of hydrogen-bond acceptors (Lipinski definition) is 6. The van der Waals surface area contributed by atoms with Crippen molar-refractivity contribution in [2.75, 3.05) is 16.4 Å². The van der Waals surface area contributed by atoms with Crippen molar-refractivity contribution in [3.63, 3.8) is 0 Å². The van der Waals surface area contributed by atoms with E-state index in [4.69, 9.17) is 0 Å². The molecule has 0 spiro atoms. The lowest BCUT2D eigenvalue weighted by molar-refractivity contribution is -0.114. The normalized spacial score (nSPS) is 10.9. The molecule has 7 nitrogen and oxygen atoms in total. The third-order valence-electron chi connectivity index (χ3n) is 4.65. The quantitative estimate of drug-likeness (QED) is 0.310. The monoisotopic (exact) mass is 482 g/mol. The summed E-state index contributed by atoms with van der Waals surface area (Å²) in [6, 6.07) is 12.7. The molecule has 0 bridgehead atoms. The Morgan fingerprint density at radius 1 is 1.12 bits per heavy atom. The van der Waals surface area contributed by atoms with Crippen LogP contribution in [0.3, 0.4) is 0 Å². The van der Waals surface area contributed by atoms with Crippen LogP contribution < -0.4 is 16.2 Å². The van der Waals surface area contributed by atoms with Crippen molar-refractivity contribution in [1.82, 2.24) is 9.55 Å². The van der Waals surface area contributed by atoms with Gasteiger partial charge in [-0.2, -0.15) is 0 Å². The van der Waals surface area contributed by atoms with Crippen molar-refractivity contribution in [1.29, 1.82) is 0 Å². The maximum atomic E-state index is 13.6. The molecule has 0 fully saturated rings. The van der Waals surface area contributed by atoms with Crippen LogP contribution in [-0.4, -0.2) is 27.1 Å². The van der Waals surface area contributed by atoms with Crippen LogP contribution in [0.2, 0.25) is 0 Å². The minimum Gasteiger partial charge on any atom is -0.326 e. The van der Waals surface area contributed by atoms with Gasteiger partial charge in [-0.05, 0) is 60.3 Å². The van der Waals surface area contributed by atoms with Crippen LogP contribution in [0.5, 0.6) is 0 Å². The summed E-state index contributed by atoms with van der Waals surface area (Å²) in [5.41, 5.74) is 2.46. The molecule has 2 N–H and O–H groups in total. The Labute approximate surface area is 196 Å². The summed E-state index contributed by atoms with van der Waals surface area (Å²) in [5, 5.41) is 7.56. The molecule has 10 heteroatoms. The molecule has 0 aliphatic rings. The molecule has 0 aliphatic carbocycles. The van der Waals surface area contributed by atoms with Gasteiger partial charge >= 0.3 is 0 Å². The summed E-state index contributed by atoms with van der Waals surface area (Å²) in [4.78, 5) is 41.6. The van der Waals surface area contributed by atoms with Gasteiger partial charge in [0.15, 0.2) is 5.16 Å². The first-order valence-corrected chi connectivity index (χ1v) is 11.8. The number of carbonyl (C=O) groups excluding carboxylic acids is 2. The molecule has 0 radical (unpaired) electrons. The maximum Gasteiger partial charge on any atom is 0.276 e. The second-order valence-electron chi connectivity index (χ2n) is 7.20. The Morgan fingerprint density at radius 2 is 1.88 bits per heavy atom. The molecule has 168 valence electrons. The number of amides is 2. The zero-order valence-electron chi connectivity index (χ0n) is 17.7. The first kappa shape index (κ1) is 22.7. The highest BCUT2D eigenvalue weighted by molar-refractivity contribution is 7.99. The van der Waals surface area contributed by atoms with Crippen LogP contribution >= 0.6 is 23.1 Å². The van der Waals surface area contributed by atoms with E-state index < -0.39 is 5.82 Å². The van der Waals surface area contributed by atoms with E-state index in [1.165, 1.54) is 41.0 Å². The van der Waals surface area contributed by atoms with Gasteiger partial charge in [0.05, 0.1) is 17.0 Å². The summed E-state index contributed by atoms with van der Waals surface area (Å²) in [5.74, 6) is -0.920. The minimum atomic E-state index is -0.399. The number of nitrogens with one attached hydrogen (secondary N) is 2. The highest BCUT2D eigenvalue weighted by Gasteiger charge is 2.17. The number of anilines is 2. The molecule has 2 amide bonds. The zero-order valence-corrected chi connectivity index (χ0v) is 19.3. The van der Waals surface area contributed by atoms with E-state index in [0.29, 0.717) is 38.0 Å². The molecule has 2 aromatic heterocycles. The first-order chi connectivity index (χ1) is 15.8. The van der Waals surface area contributed by atoms with Crippen LogP contribution in [0.15, 0.2) is 63.9 Å². The summed E-state index contributed by atoms with van der Waals surface area (Å²) in [7, 11) is 0. The van der Waals surface area contributed by atoms with Gasteiger partial charge in [-0.25, -0.2) is 9.37 Å².